The molecule has 1 aromatic carbocycles. The van der Waals surface area contributed by atoms with E-state index in [1.54, 1.807) is 6.08 Å². The van der Waals surface area contributed by atoms with Crippen molar-refractivity contribution in [2.75, 3.05) is 11.9 Å². The van der Waals surface area contributed by atoms with Crippen LogP contribution in [0.2, 0.25) is 0 Å². The van der Waals surface area contributed by atoms with E-state index in [1.807, 2.05) is 12.1 Å². The Balaban J connectivity index is 1.32. The number of benzene rings is 1. The lowest BCUT2D eigenvalue weighted by molar-refractivity contribution is -0.131. The molecular weight excluding hydrogens is 384 g/mol. The van der Waals surface area contributed by atoms with Crippen molar-refractivity contribution < 1.29 is 9.90 Å². The summed E-state index contributed by atoms with van der Waals surface area (Å²) in [6.07, 6.45) is 18.4. The Morgan fingerprint density at radius 1 is 0.935 bits per heavy atom. The summed E-state index contributed by atoms with van der Waals surface area (Å²) in [5, 5.41) is 9.07. The van der Waals surface area contributed by atoms with Crippen LogP contribution in [0.4, 0.5) is 5.69 Å². The van der Waals surface area contributed by atoms with E-state index in [4.69, 9.17) is 5.11 Å². The van der Waals surface area contributed by atoms with Gasteiger partial charge in [-0.15, -0.1) is 0 Å². The number of carboxylic acids is 1. The monoisotopic (exact) mass is 422 g/mol. The van der Waals surface area contributed by atoms with Gasteiger partial charge in [0.2, 0.25) is 0 Å². The molecule has 0 amide bonds. The molecule has 5 rings (SSSR count). The summed E-state index contributed by atoms with van der Waals surface area (Å²) in [5.41, 5.74) is 2.16. The molecule has 1 N–H and O–H groups in total. The number of anilines is 1. The summed E-state index contributed by atoms with van der Waals surface area (Å²) in [5.74, 6) is 1.09. The van der Waals surface area contributed by atoms with Gasteiger partial charge >= 0.3 is 5.97 Å². The summed E-state index contributed by atoms with van der Waals surface area (Å²) in [6.45, 7) is 0. The van der Waals surface area contributed by atoms with Crippen molar-refractivity contribution >= 4 is 17.7 Å². The highest BCUT2D eigenvalue weighted by Crippen LogP contribution is 2.46. The molecule has 2 heterocycles. The van der Waals surface area contributed by atoms with E-state index in [0.717, 1.165) is 41.2 Å². The normalized spacial score (nSPS) is 35.8. The number of para-hydroxylation sites is 1. The molecule has 4 aliphatic rings. The third kappa shape index (κ3) is 4.41. The van der Waals surface area contributed by atoms with Crippen molar-refractivity contribution in [3.8, 4) is 0 Å². The van der Waals surface area contributed by atoms with Gasteiger partial charge < -0.3 is 10.0 Å². The van der Waals surface area contributed by atoms with Crippen molar-refractivity contribution in [3.63, 3.8) is 0 Å². The van der Waals surface area contributed by atoms with Crippen LogP contribution in [0, 0.1) is 11.8 Å². The van der Waals surface area contributed by atoms with Crippen molar-refractivity contribution in [3.05, 3.63) is 35.9 Å². The highest BCUT2D eigenvalue weighted by Gasteiger charge is 2.45. The molecule has 2 aliphatic carbocycles. The maximum atomic E-state index is 11.0. The highest BCUT2D eigenvalue weighted by molar-refractivity contribution is 5.87. The summed E-state index contributed by atoms with van der Waals surface area (Å²) < 4.78 is 0. The highest BCUT2D eigenvalue weighted by atomic mass is 16.4. The minimum atomic E-state index is -0.891. The second-order valence-corrected chi connectivity index (χ2v) is 10.7. The smallest absolute Gasteiger partial charge is 0.328 e. The van der Waals surface area contributed by atoms with E-state index < -0.39 is 5.97 Å². The Kier molecular flexibility index (Phi) is 6.10. The van der Waals surface area contributed by atoms with Crippen molar-refractivity contribution in [1.82, 2.24) is 4.90 Å². The minimum absolute atomic E-state index is 0.536. The second kappa shape index (κ2) is 8.97. The number of carbonyl (C=O) groups is 1. The molecule has 4 heteroatoms. The Hall–Kier alpha value is -1.81. The zero-order valence-corrected chi connectivity index (χ0v) is 19.0. The number of piperidine rings is 2. The van der Waals surface area contributed by atoms with Gasteiger partial charge in [0.05, 0.1) is 0 Å². The van der Waals surface area contributed by atoms with Crippen LogP contribution < -0.4 is 4.90 Å². The van der Waals surface area contributed by atoms with Crippen LogP contribution in [0.5, 0.6) is 0 Å². The summed E-state index contributed by atoms with van der Waals surface area (Å²) >= 11 is 0. The lowest BCUT2D eigenvalue weighted by atomic mass is 9.68. The molecule has 31 heavy (non-hydrogen) atoms. The molecule has 0 radical (unpaired) electrons. The molecule has 0 aromatic heterocycles. The first-order valence-electron chi connectivity index (χ1n) is 12.6. The van der Waals surface area contributed by atoms with E-state index >= 15 is 0 Å². The molecule has 6 atom stereocenters. The predicted molar refractivity (Wildman–Crippen MR) is 126 cm³/mol. The predicted octanol–water partition coefficient (Wildman–Crippen LogP) is 5.57. The van der Waals surface area contributed by atoms with Crippen LogP contribution in [-0.4, -0.2) is 47.2 Å². The SMILES string of the molecule is CN(c1ccccc1/C=C/C(=O)O)C1C[C@H]2CCC[C@@H](C1)N2C1C[C@H]2CCC[C@@H](C1)C2. The average Bonchev–Trinajstić information content (AvgIpc) is 2.76. The van der Waals surface area contributed by atoms with Gasteiger partial charge in [-0.05, 0) is 74.5 Å². The van der Waals surface area contributed by atoms with Crippen LogP contribution in [-0.2, 0) is 4.79 Å². The fraction of sp³-hybridized carbons (Fsp3) is 0.667. The topological polar surface area (TPSA) is 43.8 Å². The largest absolute Gasteiger partial charge is 0.478 e. The van der Waals surface area contributed by atoms with Crippen LogP contribution >= 0.6 is 0 Å². The number of aliphatic carboxylic acids is 1. The number of carboxylic acid groups (broad SMARTS) is 1. The standard InChI is InChI=1S/C27H38N2O2/c1-28(26-11-3-2-8-21(26)12-13-27(30)31)24-17-22-9-5-10-23(18-24)29(22)25-15-19-6-4-7-20(14-19)16-25/h2-3,8,11-13,19-20,22-25H,4-7,9-10,14-18H2,1H3,(H,30,31)/b13-12+/t19-,20+,22-,23+,24?,25?. The van der Waals surface area contributed by atoms with Crippen molar-refractivity contribution in [2.24, 2.45) is 11.8 Å². The maximum Gasteiger partial charge on any atom is 0.328 e. The molecule has 2 unspecified atom stereocenters. The Morgan fingerprint density at radius 2 is 1.58 bits per heavy atom. The van der Waals surface area contributed by atoms with Gasteiger partial charge in [-0.25, -0.2) is 4.79 Å². The molecule has 0 spiro atoms. The van der Waals surface area contributed by atoms with Crippen LogP contribution in [0.3, 0.4) is 0 Å². The summed E-state index contributed by atoms with van der Waals surface area (Å²) in [7, 11) is 2.22. The minimum Gasteiger partial charge on any atom is -0.478 e. The molecular formula is C27H38N2O2. The number of rotatable bonds is 5. The van der Waals surface area contributed by atoms with Gasteiger partial charge in [-0.1, -0.05) is 43.9 Å². The first-order valence-corrected chi connectivity index (χ1v) is 12.6. The molecule has 4 bridgehead atoms. The average molecular weight is 423 g/mol. The molecule has 168 valence electrons. The fourth-order valence-electron chi connectivity index (χ4n) is 7.55. The third-order valence-corrected chi connectivity index (χ3v) is 8.80. The zero-order valence-electron chi connectivity index (χ0n) is 19.0. The number of nitrogens with zero attached hydrogens (tertiary/aromatic N) is 2. The molecule has 1 aromatic rings. The molecule has 4 nitrogen and oxygen atoms in total. The summed E-state index contributed by atoms with van der Waals surface area (Å²) in [6, 6.07) is 11.1. The summed E-state index contributed by atoms with van der Waals surface area (Å²) in [4.78, 5) is 16.5. The fourth-order valence-corrected chi connectivity index (χ4v) is 7.55. The molecule has 2 saturated heterocycles. The van der Waals surface area contributed by atoms with E-state index in [9.17, 15) is 4.79 Å². The van der Waals surface area contributed by atoms with Crippen LogP contribution in [0.25, 0.3) is 6.08 Å². The zero-order chi connectivity index (χ0) is 21.4. The van der Waals surface area contributed by atoms with Crippen LogP contribution in [0.1, 0.15) is 76.2 Å². The van der Waals surface area contributed by atoms with Gasteiger partial charge in [0.1, 0.15) is 0 Å². The quantitative estimate of drug-likeness (QED) is 0.630. The Bertz CT molecular complexity index is 795. The lowest BCUT2D eigenvalue weighted by Gasteiger charge is -2.56. The maximum absolute atomic E-state index is 11.0. The van der Waals surface area contributed by atoms with Crippen molar-refractivity contribution in [1.29, 1.82) is 0 Å². The van der Waals surface area contributed by atoms with Gasteiger partial charge in [0.15, 0.2) is 0 Å². The molecule has 2 aliphatic heterocycles. The van der Waals surface area contributed by atoms with Gasteiger partial charge in [0.25, 0.3) is 0 Å². The number of fused-ring (bicyclic) bond motifs is 4. The van der Waals surface area contributed by atoms with Gasteiger partial charge in [-0.3, -0.25) is 4.90 Å². The van der Waals surface area contributed by atoms with E-state index in [0.29, 0.717) is 6.04 Å². The Labute approximate surface area is 187 Å². The van der Waals surface area contributed by atoms with E-state index in [-0.39, 0.29) is 0 Å². The van der Waals surface area contributed by atoms with E-state index in [1.165, 1.54) is 76.7 Å². The molecule has 4 fully saturated rings. The van der Waals surface area contributed by atoms with Gasteiger partial charge in [-0.2, -0.15) is 0 Å². The van der Waals surface area contributed by atoms with Crippen molar-refractivity contribution in [2.45, 2.75) is 94.8 Å². The van der Waals surface area contributed by atoms with Gasteiger partial charge in [0, 0.05) is 43.0 Å². The number of hydrogen-bond donors (Lipinski definition) is 1. The molecule has 2 saturated carbocycles. The second-order valence-electron chi connectivity index (χ2n) is 10.7. The van der Waals surface area contributed by atoms with Crippen LogP contribution in [0.15, 0.2) is 30.3 Å². The number of hydrogen-bond acceptors (Lipinski definition) is 3. The Morgan fingerprint density at radius 3 is 2.26 bits per heavy atom. The van der Waals surface area contributed by atoms with E-state index in [2.05, 4.69) is 29.0 Å². The third-order valence-electron chi connectivity index (χ3n) is 8.80. The lowest BCUT2D eigenvalue weighted by Crippen LogP contribution is -2.61. The first-order chi connectivity index (χ1) is 15.1. The first kappa shape index (κ1) is 21.1.